The number of para-hydroxylation sites is 1. The maximum Gasteiger partial charge on any atom is 0.134 e. The van der Waals surface area contributed by atoms with Crippen LogP contribution in [-0.4, -0.2) is 16.6 Å². The lowest BCUT2D eigenvalue weighted by atomic mass is 10.00. The second-order valence-electron chi connectivity index (χ2n) is 4.26. The van der Waals surface area contributed by atoms with Crippen LogP contribution in [0.25, 0.3) is 11.0 Å². The van der Waals surface area contributed by atoms with Gasteiger partial charge < -0.3 is 9.52 Å². The molecule has 0 bridgehead atoms. The van der Waals surface area contributed by atoms with Crippen molar-refractivity contribution >= 4 is 22.7 Å². The zero-order valence-electron chi connectivity index (χ0n) is 8.93. The third kappa shape index (κ3) is 1.74. The fourth-order valence-electron chi connectivity index (χ4n) is 2.18. The van der Waals surface area contributed by atoms with Crippen molar-refractivity contribution in [2.45, 2.75) is 12.5 Å². The number of aliphatic hydroxyl groups excluding tert-OH is 1. The molecule has 1 fully saturated rings. The molecule has 3 rings (SSSR count). The number of hydrogen-bond acceptors (Lipinski definition) is 3. The molecule has 0 radical (unpaired) electrons. The van der Waals surface area contributed by atoms with E-state index in [1.807, 2.05) is 42.1 Å². The predicted octanol–water partition coefficient (Wildman–Crippen LogP) is 3.22. The van der Waals surface area contributed by atoms with Crippen molar-refractivity contribution in [3.8, 4) is 0 Å². The maximum atomic E-state index is 10.2. The smallest absolute Gasteiger partial charge is 0.134 e. The molecule has 2 heterocycles. The largest absolute Gasteiger partial charge is 0.458 e. The van der Waals surface area contributed by atoms with Crippen molar-refractivity contribution in [1.82, 2.24) is 0 Å². The van der Waals surface area contributed by atoms with Crippen molar-refractivity contribution in [2.75, 3.05) is 11.5 Å². The average molecular weight is 234 g/mol. The van der Waals surface area contributed by atoms with Gasteiger partial charge >= 0.3 is 0 Å². The third-order valence-electron chi connectivity index (χ3n) is 3.15. The van der Waals surface area contributed by atoms with Crippen LogP contribution in [0.2, 0.25) is 0 Å². The Kier molecular flexibility index (Phi) is 2.65. The molecule has 2 atom stereocenters. The van der Waals surface area contributed by atoms with Gasteiger partial charge in [0, 0.05) is 11.3 Å². The van der Waals surface area contributed by atoms with E-state index in [4.69, 9.17) is 4.42 Å². The van der Waals surface area contributed by atoms with E-state index in [1.54, 1.807) is 0 Å². The van der Waals surface area contributed by atoms with Crippen LogP contribution in [0.4, 0.5) is 0 Å². The summed E-state index contributed by atoms with van der Waals surface area (Å²) in [5, 5.41) is 11.3. The summed E-state index contributed by atoms with van der Waals surface area (Å²) >= 11 is 1.91. The molecular weight excluding hydrogens is 220 g/mol. The number of thioether (sulfide) groups is 1. The molecule has 1 N–H and O–H groups in total. The van der Waals surface area contributed by atoms with E-state index >= 15 is 0 Å². The maximum absolute atomic E-state index is 10.2. The van der Waals surface area contributed by atoms with Crippen LogP contribution in [0.5, 0.6) is 0 Å². The van der Waals surface area contributed by atoms with Crippen LogP contribution < -0.4 is 0 Å². The lowest BCUT2D eigenvalue weighted by Gasteiger charge is -2.13. The number of furan rings is 1. The molecule has 0 saturated carbocycles. The predicted molar refractivity (Wildman–Crippen MR) is 66.6 cm³/mol. The Morgan fingerprint density at radius 2 is 2.25 bits per heavy atom. The molecule has 0 amide bonds. The second kappa shape index (κ2) is 4.15. The number of rotatable bonds is 2. The summed E-state index contributed by atoms with van der Waals surface area (Å²) in [6.45, 7) is 0. The van der Waals surface area contributed by atoms with Gasteiger partial charge in [0.2, 0.25) is 0 Å². The molecule has 16 heavy (non-hydrogen) atoms. The zero-order valence-corrected chi connectivity index (χ0v) is 9.74. The Balaban J connectivity index is 1.92. The van der Waals surface area contributed by atoms with Crippen molar-refractivity contribution < 1.29 is 9.52 Å². The molecule has 1 aliphatic heterocycles. The molecular formula is C13H14O2S. The summed E-state index contributed by atoms with van der Waals surface area (Å²) in [7, 11) is 0. The second-order valence-corrected chi connectivity index (χ2v) is 5.40. The number of benzene rings is 1. The molecule has 1 aliphatic rings. The van der Waals surface area contributed by atoms with Gasteiger partial charge in [-0.15, -0.1) is 0 Å². The van der Waals surface area contributed by atoms with Crippen LogP contribution in [0, 0.1) is 5.92 Å². The average Bonchev–Trinajstić information content (AvgIpc) is 2.97. The minimum Gasteiger partial charge on any atom is -0.458 e. The van der Waals surface area contributed by atoms with Crippen LogP contribution in [0.1, 0.15) is 18.3 Å². The Morgan fingerprint density at radius 1 is 1.38 bits per heavy atom. The van der Waals surface area contributed by atoms with Gasteiger partial charge in [0.15, 0.2) is 0 Å². The first-order valence-electron chi connectivity index (χ1n) is 5.59. The number of aliphatic hydroxyl groups is 1. The SMILES string of the molecule is OC(c1cc2ccccc2o1)C1CCSC1. The Bertz CT molecular complexity index is 452. The van der Waals surface area contributed by atoms with Crippen LogP contribution in [0.15, 0.2) is 34.7 Å². The Hall–Kier alpha value is -0.930. The van der Waals surface area contributed by atoms with Gasteiger partial charge in [0.05, 0.1) is 0 Å². The van der Waals surface area contributed by atoms with Crippen molar-refractivity contribution in [3.63, 3.8) is 0 Å². The molecule has 2 nitrogen and oxygen atoms in total. The standard InChI is InChI=1S/C13H14O2S/c14-13(10-5-6-16-8-10)12-7-9-3-1-2-4-11(9)15-12/h1-4,7,10,13-14H,5-6,8H2. The van der Waals surface area contributed by atoms with E-state index in [1.165, 1.54) is 0 Å². The van der Waals surface area contributed by atoms with Crippen molar-refractivity contribution in [1.29, 1.82) is 0 Å². The topological polar surface area (TPSA) is 33.4 Å². The normalized spacial score (nSPS) is 22.7. The summed E-state index contributed by atoms with van der Waals surface area (Å²) in [6, 6.07) is 9.85. The fourth-order valence-corrected chi connectivity index (χ4v) is 3.47. The minimum atomic E-state index is -0.442. The summed E-state index contributed by atoms with van der Waals surface area (Å²) in [4.78, 5) is 0. The van der Waals surface area contributed by atoms with E-state index in [9.17, 15) is 5.11 Å². The Morgan fingerprint density at radius 3 is 3.00 bits per heavy atom. The molecule has 0 aliphatic carbocycles. The monoisotopic (exact) mass is 234 g/mol. The van der Waals surface area contributed by atoms with Crippen LogP contribution in [-0.2, 0) is 0 Å². The summed E-state index contributed by atoms with van der Waals surface area (Å²) < 4.78 is 5.68. The van der Waals surface area contributed by atoms with Gasteiger partial charge in [-0.25, -0.2) is 0 Å². The van der Waals surface area contributed by atoms with Crippen LogP contribution in [0.3, 0.4) is 0 Å². The van der Waals surface area contributed by atoms with Crippen LogP contribution >= 0.6 is 11.8 Å². The lowest BCUT2D eigenvalue weighted by Crippen LogP contribution is -2.10. The van der Waals surface area contributed by atoms with Gasteiger partial charge in [0.1, 0.15) is 17.4 Å². The van der Waals surface area contributed by atoms with E-state index < -0.39 is 6.10 Å². The fraction of sp³-hybridized carbons (Fsp3) is 0.385. The van der Waals surface area contributed by atoms with E-state index in [0.29, 0.717) is 11.7 Å². The van der Waals surface area contributed by atoms with Crippen molar-refractivity contribution in [3.05, 3.63) is 36.1 Å². The molecule has 1 saturated heterocycles. The minimum absolute atomic E-state index is 0.352. The third-order valence-corrected chi connectivity index (χ3v) is 4.34. The van der Waals surface area contributed by atoms with Gasteiger partial charge in [-0.1, -0.05) is 18.2 Å². The molecule has 84 valence electrons. The first-order chi connectivity index (χ1) is 7.84. The highest BCUT2D eigenvalue weighted by Crippen LogP contribution is 2.35. The quantitative estimate of drug-likeness (QED) is 0.866. The summed E-state index contributed by atoms with van der Waals surface area (Å²) in [5.41, 5.74) is 0.863. The molecule has 1 aromatic carbocycles. The molecule has 2 unspecified atom stereocenters. The highest BCUT2D eigenvalue weighted by Gasteiger charge is 2.27. The first kappa shape index (κ1) is 10.2. The highest BCUT2D eigenvalue weighted by atomic mass is 32.2. The van der Waals surface area contributed by atoms with Gasteiger partial charge in [0.25, 0.3) is 0 Å². The zero-order chi connectivity index (χ0) is 11.0. The molecule has 3 heteroatoms. The highest BCUT2D eigenvalue weighted by molar-refractivity contribution is 7.99. The summed E-state index contributed by atoms with van der Waals surface area (Å²) in [6.07, 6.45) is 0.644. The lowest BCUT2D eigenvalue weighted by molar-refractivity contribution is 0.0994. The van der Waals surface area contributed by atoms with E-state index in [0.717, 1.165) is 28.9 Å². The molecule has 1 aromatic heterocycles. The first-order valence-corrected chi connectivity index (χ1v) is 6.74. The Labute approximate surface area is 98.6 Å². The van der Waals surface area contributed by atoms with E-state index in [2.05, 4.69) is 0 Å². The number of hydrogen-bond donors (Lipinski definition) is 1. The van der Waals surface area contributed by atoms with Gasteiger partial charge in [-0.05, 0) is 30.1 Å². The summed E-state index contributed by atoms with van der Waals surface area (Å²) in [5.74, 6) is 3.26. The number of fused-ring (bicyclic) bond motifs is 1. The van der Waals surface area contributed by atoms with E-state index in [-0.39, 0.29) is 0 Å². The van der Waals surface area contributed by atoms with Gasteiger partial charge in [-0.3, -0.25) is 0 Å². The van der Waals surface area contributed by atoms with Crippen molar-refractivity contribution in [2.24, 2.45) is 5.92 Å². The molecule has 0 spiro atoms. The molecule has 2 aromatic rings. The van der Waals surface area contributed by atoms with Gasteiger partial charge in [-0.2, -0.15) is 11.8 Å².